The smallest absolute Gasteiger partial charge is 0.356 e. The van der Waals surface area contributed by atoms with Gasteiger partial charge < -0.3 is 10.6 Å². The molecule has 0 saturated heterocycles. The first-order chi connectivity index (χ1) is 13.6. The molecule has 1 saturated carbocycles. The Hall–Kier alpha value is -1.77. The maximum absolute atomic E-state index is 13.2. The first-order valence-electron chi connectivity index (χ1n) is 9.86. The summed E-state index contributed by atoms with van der Waals surface area (Å²) in [6.45, 7) is 0.920. The molecule has 0 aromatic heterocycles. The summed E-state index contributed by atoms with van der Waals surface area (Å²) in [7, 11) is -1.40. The summed E-state index contributed by atoms with van der Waals surface area (Å²) < 4.78 is 62.0. The number of nitrogens with one attached hydrogen (secondary N) is 2. The van der Waals surface area contributed by atoms with Crippen LogP contribution in [0.3, 0.4) is 0 Å². The van der Waals surface area contributed by atoms with Crippen LogP contribution in [0.2, 0.25) is 0 Å². The zero-order valence-corrected chi connectivity index (χ0v) is 17.8. The van der Waals surface area contributed by atoms with E-state index in [4.69, 9.17) is 0 Å². The molecule has 1 aliphatic rings. The minimum absolute atomic E-state index is 0.0885. The Morgan fingerprint density at radius 2 is 1.86 bits per heavy atom. The SMILES string of the molecule is CN=C(NCCCS(C)(=O)=O)NCC1(c2cccc(C(F)(F)F)c2)CCCCC1. The second-order valence-corrected chi connectivity index (χ2v) is 10.0. The zero-order chi connectivity index (χ0) is 21.5. The molecule has 0 amide bonds. The average molecular weight is 434 g/mol. The van der Waals surface area contributed by atoms with Gasteiger partial charge in [0, 0.05) is 31.8 Å². The number of halogens is 3. The van der Waals surface area contributed by atoms with Crippen molar-refractivity contribution in [3.8, 4) is 0 Å². The van der Waals surface area contributed by atoms with Crippen molar-refractivity contribution in [1.82, 2.24) is 10.6 Å². The van der Waals surface area contributed by atoms with E-state index in [1.54, 1.807) is 13.1 Å². The minimum atomic E-state index is -4.36. The number of hydrogen-bond donors (Lipinski definition) is 2. The van der Waals surface area contributed by atoms with Gasteiger partial charge >= 0.3 is 6.18 Å². The lowest BCUT2D eigenvalue weighted by Crippen LogP contribution is -2.47. The van der Waals surface area contributed by atoms with Gasteiger partial charge in [-0.15, -0.1) is 0 Å². The third-order valence-corrected chi connectivity index (χ3v) is 6.45. The third-order valence-electron chi connectivity index (χ3n) is 5.42. The van der Waals surface area contributed by atoms with Gasteiger partial charge in [-0.2, -0.15) is 13.2 Å². The fraction of sp³-hybridized carbons (Fsp3) is 0.650. The fourth-order valence-corrected chi connectivity index (χ4v) is 4.50. The Bertz CT molecular complexity index is 801. The van der Waals surface area contributed by atoms with Gasteiger partial charge in [0.2, 0.25) is 0 Å². The summed E-state index contributed by atoms with van der Waals surface area (Å²) in [5.41, 5.74) is -0.306. The third kappa shape index (κ3) is 7.21. The number of guanidine groups is 1. The van der Waals surface area contributed by atoms with Crippen LogP contribution >= 0.6 is 0 Å². The van der Waals surface area contributed by atoms with E-state index in [-0.39, 0.29) is 11.2 Å². The van der Waals surface area contributed by atoms with Crippen LogP contribution in [0.1, 0.15) is 49.7 Å². The Morgan fingerprint density at radius 1 is 1.17 bits per heavy atom. The summed E-state index contributed by atoms with van der Waals surface area (Å²) in [5, 5.41) is 6.32. The molecule has 1 fully saturated rings. The lowest BCUT2D eigenvalue weighted by molar-refractivity contribution is -0.137. The van der Waals surface area contributed by atoms with E-state index in [2.05, 4.69) is 15.6 Å². The van der Waals surface area contributed by atoms with E-state index in [0.29, 0.717) is 31.0 Å². The molecule has 0 heterocycles. The number of sulfone groups is 1. The number of hydrogen-bond acceptors (Lipinski definition) is 3. The van der Waals surface area contributed by atoms with Gasteiger partial charge in [-0.25, -0.2) is 8.42 Å². The van der Waals surface area contributed by atoms with E-state index < -0.39 is 21.6 Å². The van der Waals surface area contributed by atoms with Crippen LogP contribution in [0.4, 0.5) is 13.2 Å². The van der Waals surface area contributed by atoms with Crippen LogP contribution in [0, 0.1) is 0 Å². The van der Waals surface area contributed by atoms with Crippen molar-refractivity contribution in [2.45, 2.75) is 50.1 Å². The Kier molecular flexibility index (Phi) is 7.96. The molecule has 29 heavy (non-hydrogen) atoms. The van der Waals surface area contributed by atoms with Gasteiger partial charge in [0.1, 0.15) is 9.84 Å². The molecular weight excluding hydrogens is 403 g/mol. The molecule has 0 spiro atoms. The van der Waals surface area contributed by atoms with Crippen LogP contribution in [-0.4, -0.2) is 46.5 Å². The van der Waals surface area contributed by atoms with Gasteiger partial charge in [0.25, 0.3) is 0 Å². The number of rotatable bonds is 7. The summed E-state index contributed by atoms with van der Waals surface area (Å²) in [6, 6.07) is 5.64. The summed E-state index contributed by atoms with van der Waals surface area (Å²) in [5.74, 6) is 0.612. The minimum Gasteiger partial charge on any atom is -0.356 e. The highest BCUT2D eigenvalue weighted by molar-refractivity contribution is 7.90. The summed E-state index contributed by atoms with van der Waals surface area (Å²) in [4.78, 5) is 4.15. The van der Waals surface area contributed by atoms with E-state index in [0.717, 1.165) is 38.2 Å². The summed E-state index contributed by atoms with van der Waals surface area (Å²) in [6.07, 6.45) is 1.94. The molecule has 0 aliphatic heterocycles. The lowest BCUT2D eigenvalue weighted by atomic mass is 9.69. The van der Waals surface area contributed by atoms with Crippen LogP contribution < -0.4 is 10.6 Å². The fourth-order valence-electron chi connectivity index (χ4n) is 3.84. The highest BCUT2D eigenvalue weighted by Gasteiger charge is 2.37. The molecule has 0 bridgehead atoms. The van der Waals surface area contributed by atoms with Crippen molar-refractivity contribution in [3.63, 3.8) is 0 Å². The standard InChI is InChI=1S/C20H30F3N3O2S/c1-24-18(25-12-7-13-29(2,27)28)26-15-19(10-4-3-5-11-19)16-8-6-9-17(14-16)20(21,22)23/h6,8-9,14H,3-5,7,10-13,15H2,1-2H3,(H2,24,25,26). The predicted molar refractivity (Wildman–Crippen MR) is 110 cm³/mol. The maximum Gasteiger partial charge on any atom is 0.416 e. The van der Waals surface area contributed by atoms with Crippen molar-refractivity contribution in [2.75, 3.05) is 32.1 Å². The second-order valence-electron chi connectivity index (χ2n) is 7.76. The van der Waals surface area contributed by atoms with Crippen molar-refractivity contribution >= 4 is 15.8 Å². The quantitative estimate of drug-likeness (QED) is 0.392. The number of aliphatic imine (C=N–C) groups is 1. The first-order valence-corrected chi connectivity index (χ1v) is 11.9. The lowest BCUT2D eigenvalue weighted by Gasteiger charge is -2.38. The largest absolute Gasteiger partial charge is 0.416 e. The molecule has 5 nitrogen and oxygen atoms in total. The molecule has 164 valence electrons. The van der Waals surface area contributed by atoms with Gasteiger partial charge in [0.15, 0.2) is 5.96 Å². The van der Waals surface area contributed by atoms with Crippen molar-refractivity contribution in [1.29, 1.82) is 0 Å². The molecule has 0 radical (unpaired) electrons. The highest BCUT2D eigenvalue weighted by Crippen LogP contribution is 2.41. The molecule has 2 rings (SSSR count). The highest BCUT2D eigenvalue weighted by atomic mass is 32.2. The van der Waals surface area contributed by atoms with E-state index in [1.165, 1.54) is 18.4 Å². The van der Waals surface area contributed by atoms with Crippen molar-refractivity contribution in [3.05, 3.63) is 35.4 Å². The number of nitrogens with zero attached hydrogens (tertiary/aromatic N) is 1. The van der Waals surface area contributed by atoms with E-state index >= 15 is 0 Å². The second kappa shape index (κ2) is 9.82. The molecule has 1 aliphatic carbocycles. The Balaban J connectivity index is 2.08. The Morgan fingerprint density at radius 3 is 2.45 bits per heavy atom. The number of alkyl halides is 3. The molecule has 1 aromatic rings. The van der Waals surface area contributed by atoms with Gasteiger partial charge in [0.05, 0.1) is 11.3 Å². The van der Waals surface area contributed by atoms with Crippen LogP contribution in [0.25, 0.3) is 0 Å². The molecule has 0 unspecified atom stereocenters. The molecule has 1 aromatic carbocycles. The molecule has 2 N–H and O–H groups in total. The monoisotopic (exact) mass is 433 g/mol. The van der Waals surface area contributed by atoms with Crippen molar-refractivity contribution in [2.24, 2.45) is 4.99 Å². The summed E-state index contributed by atoms with van der Waals surface area (Å²) >= 11 is 0. The zero-order valence-electron chi connectivity index (χ0n) is 17.0. The molecule has 0 atom stereocenters. The van der Waals surface area contributed by atoms with Crippen LogP contribution in [0.5, 0.6) is 0 Å². The Labute approximate surface area is 171 Å². The van der Waals surface area contributed by atoms with Gasteiger partial charge in [-0.3, -0.25) is 4.99 Å². The van der Waals surface area contributed by atoms with Gasteiger partial charge in [-0.1, -0.05) is 37.5 Å². The first kappa shape index (κ1) is 23.5. The van der Waals surface area contributed by atoms with E-state index in [1.807, 2.05) is 0 Å². The topological polar surface area (TPSA) is 70.6 Å². The van der Waals surface area contributed by atoms with Crippen LogP contribution in [0.15, 0.2) is 29.3 Å². The normalized spacial score (nSPS) is 17.8. The average Bonchev–Trinajstić information content (AvgIpc) is 2.67. The molecular formula is C20H30F3N3O2S. The number of benzene rings is 1. The molecule has 9 heteroatoms. The maximum atomic E-state index is 13.2. The predicted octanol–water partition coefficient (Wildman–Crippen LogP) is 3.51. The van der Waals surface area contributed by atoms with Gasteiger partial charge in [-0.05, 0) is 30.9 Å². The van der Waals surface area contributed by atoms with Crippen LogP contribution in [-0.2, 0) is 21.4 Å². The van der Waals surface area contributed by atoms with E-state index in [9.17, 15) is 21.6 Å². The van der Waals surface area contributed by atoms with Crippen molar-refractivity contribution < 1.29 is 21.6 Å².